The van der Waals surface area contributed by atoms with Gasteiger partial charge in [0.2, 0.25) is 0 Å². The van der Waals surface area contributed by atoms with Crippen molar-refractivity contribution in [2.24, 2.45) is 0 Å². The van der Waals surface area contributed by atoms with Crippen molar-refractivity contribution < 1.29 is 0 Å². The largest absolute Gasteiger partial charge is 0.398 e. The number of aryl methyl sites for hydroxylation is 1. The summed E-state index contributed by atoms with van der Waals surface area (Å²) in [6.45, 7) is 1.97. The van der Waals surface area contributed by atoms with Gasteiger partial charge in [-0.3, -0.25) is 0 Å². The first-order valence-corrected chi connectivity index (χ1v) is 3.94. The summed E-state index contributed by atoms with van der Waals surface area (Å²) in [4.78, 5) is 0. The highest BCUT2D eigenvalue weighted by Gasteiger charge is 1.98. The van der Waals surface area contributed by atoms with Crippen LogP contribution in [0.5, 0.6) is 0 Å². The van der Waals surface area contributed by atoms with E-state index in [0.717, 1.165) is 22.0 Å². The fraction of sp³-hybridized carbons (Fsp3) is 0.0909. The van der Waals surface area contributed by atoms with Crippen LogP contribution in [-0.2, 0) is 0 Å². The summed E-state index contributed by atoms with van der Waals surface area (Å²) in [6.07, 6.45) is 0. The Labute approximate surface area is 71.8 Å². The Morgan fingerprint density at radius 1 is 1.25 bits per heavy atom. The monoisotopic (exact) mass is 156 g/mol. The summed E-state index contributed by atoms with van der Waals surface area (Å²) in [5.41, 5.74) is 7.75. The molecule has 0 saturated carbocycles. The van der Waals surface area contributed by atoms with Crippen molar-refractivity contribution in [1.82, 2.24) is 0 Å². The maximum absolute atomic E-state index is 5.89. The van der Waals surface area contributed by atoms with Crippen LogP contribution in [0.4, 0.5) is 5.69 Å². The normalized spacial score (nSPS) is 10.4. The molecule has 0 unspecified atom stereocenters. The lowest BCUT2D eigenvalue weighted by molar-refractivity contribution is 1.49. The van der Waals surface area contributed by atoms with Crippen molar-refractivity contribution in [3.63, 3.8) is 0 Å². The fourth-order valence-corrected chi connectivity index (χ4v) is 1.33. The zero-order valence-electron chi connectivity index (χ0n) is 6.96. The van der Waals surface area contributed by atoms with Crippen molar-refractivity contribution in [1.29, 1.82) is 0 Å². The third-order valence-corrected chi connectivity index (χ3v) is 2.10. The SMILES string of the molecule is Cc1[c]cc2ccccc2c1N. The van der Waals surface area contributed by atoms with E-state index in [4.69, 9.17) is 5.73 Å². The number of fused-ring (bicyclic) bond motifs is 1. The van der Waals surface area contributed by atoms with E-state index in [-0.39, 0.29) is 0 Å². The number of anilines is 1. The molecule has 0 saturated heterocycles. The molecule has 0 amide bonds. The fourth-order valence-electron chi connectivity index (χ4n) is 1.33. The highest BCUT2D eigenvalue weighted by Crippen LogP contribution is 2.22. The number of nitrogens with two attached hydrogens (primary N) is 1. The van der Waals surface area contributed by atoms with Crippen LogP contribution in [0.2, 0.25) is 0 Å². The van der Waals surface area contributed by atoms with Gasteiger partial charge in [-0.05, 0) is 30.0 Å². The van der Waals surface area contributed by atoms with Gasteiger partial charge in [-0.15, -0.1) is 0 Å². The highest BCUT2D eigenvalue weighted by molar-refractivity contribution is 5.93. The molecular weight excluding hydrogens is 146 g/mol. The third-order valence-electron chi connectivity index (χ3n) is 2.10. The zero-order chi connectivity index (χ0) is 8.55. The molecule has 2 aromatic carbocycles. The number of hydrogen-bond acceptors (Lipinski definition) is 1. The second kappa shape index (κ2) is 2.52. The second-order valence-corrected chi connectivity index (χ2v) is 2.91. The van der Waals surface area contributed by atoms with Gasteiger partial charge in [0.15, 0.2) is 0 Å². The first-order valence-electron chi connectivity index (χ1n) is 3.94. The molecule has 0 aliphatic carbocycles. The molecular formula is C11H10N. The molecule has 0 heterocycles. The minimum absolute atomic E-state index is 0.841. The van der Waals surface area contributed by atoms with E-state index in [9.17, 15) is 0 Å². The molecule has 0 aliphatic rings. The van der Waals surface area contributed by atoms with Gasteiger partial charge in [0.25, 0.3) is 0 Å². The molecule has 1 radical (unpaired) electrons. The lowest BCUT2D eigenvalue weighted by Crippen LogP contribution is -1.90. The van der Waals surface area contributed by atoms with Crippen LogP contribution in [0.1, 0.15) is 5.56 Å². The Morgan fingerprint density at radius 2 is 2.00 bits per heavy atom. The number of nitrogen functional groups attached to an aromatic ring is 1. The third kappa shape index (κ3) is 0.944. The topological polar surface area (TPSA) is 26.0 Å². The quantitative estimate of drug-likeness (QED) is 0.583. The molecule has 0 aliphatic heterocycles. The predicted octanol–water partition coefficient (Wildman–Crippen LogP) is 2.53. The van der Waals surface area contributed by atoms with E-state index >= 15 is 0 Å². The van der Waals surface area contributed by atoms with Gasteiger partial charge in [-0.1, -0.05) is 24.3 Å². The van der Waals surface area contributed by atoms with Gasteiger partial charge in [0, 0.05) is 11.1 Å². The Morgan fingerprint density at radius 3 is 2.83 bits per heavy atom. The van der Waals surface area contributed by atoms with E-state index in [1.807, 2.05) is 37.3 Å². The second-order valence-electron chi connectivity index (χ2n) is 2.91. The van der Waals surface area contributed by atoms with Crippen molar-refractivity contribution in [3.8, 4) is 0 Å². The van der Waals surface area contributed by atoms with E-state index in [0.29, 0.717) is 0 Å². The van der Waals surface area contributed by atoms with Gasteiger partial charge < -0.3 is 5.73 Å². The highest BCUT2D eigenvalue weighted by atomic mass is 14.6. The molecule has 0 spiro atoms. The average molecular weight is 156 g/mol. The summed E-state index contributed by atoms with van der Waals surface area (Å²) >= 11 is 0. The first-order chi connectivity index (χ1) is 5.79. The summed E-state index contributed by atoms with van der Waals surface area (Å²) in [5, 5.41) is 2.27. The molecule has 2 rings (SSSR count). The van der Waals surface area contributed by atoms with E-state index < -0.39 is 0 Å². The summed E-state index contributed by atoms with van der Waals surface area (Å²) < 4.78 is 0. The Bertz CT molecular complexity index is 418. The van der Waals surface area contributed by atoms with Crippen molar-refractivity contribution in [3.05, 3.63) is 42.0 Å². The van der Waals surface area contributed by atoms with Crippen molar-refractivity contribution in [2.75, 3.05) is 5.73 Å². The molecule has 0 aromatic heterocycles. The molecule has 2 aromatic rings. The molecule has 12 heavy (non-hydrogen) atoms. The minimum Gasteiger partial charge on any atom is -0.398 e. The zero-order valence-corrected chi connectivity index (χ0v) is 6.96. The van der Waals surface area contributed by atoms with Crippen LogP contribution in [0, 0.1) is 13.0 Å². The Hall–Kier alpha value is -1.50. The lowest BCUT2D eigenvalue weighted by atomic mass is 10.1. The maximum atomic E-state index is 5.89. The lowest BCUT2D eigenvalue weighted by Gasteiger charge is -2.03. The standard InChI is InChI=1S/C11H10N/c1-8-6-7-9-4-2-3-5-10(9)11(8)12/h2-5,7H,12H2,1H3. The van der Waals surface area contributed by atoms with Gasteiger partial charge >= 0.3 is 0 Å². The van der Waals surface area contributed by atoms with E-state index in [1.54, 1.807) is 0 Å². The van der Waals surface area contributed by atoms with Crippen LogP contribution < -0.4 is 5.73 Å². The average Bonchev–Trinajstić information content (AvgIpc) is 2.12. The first kappa shape index (κ1) is 7.17. The van der Waals surface area contributed by atoms with Gasteiger partial charge in [-0.25, -0.2) is 0 Å². The number of hydrogen-bond donors (Lipinski definition) is 1. The molecule has 2 N–H and O–H groups in total. The summed E-state index contributed by atoms with van der Waals surface area (Å²) in [7, 11) is 0. The molecule has 0 atom stereocenters. The van der Waals surface area contributed by atoms with Crippen molar-refractivity contribution in [2.45, 2.75) is 6.92 Å². The molecule has 0 fully saturated rings. The number of rotatable bonds is 0. The summed E-state index contributed by atoms with van der Waals surface area (Å²) in [5.74, 6) is 0. The van der Waals surface area contributed by atoms with Crippen molar-refractivity contribution >= 4 is 16.5 Å². The molecule has 1 heteroatoms. The van der Waals surface area contributed by atoms with Crippen LogP contribution in [0.25, 0.3) is 10.8 Å². The number of benzene rings is 2. The van der Waals surface area contributed by atoms with Gasteiger partial charge in [0.1, 0.15) is 0 Å². The van der Waals surface area contributed by atoms with Crippen LogP contribution in [0.15, 0.2) is 30.3 Å². The predicted molar refractivity (Wildman–Crippen MR) is 51.9 cm³/mol. The molecule has 1 nitrogen and oxygen atoms in total. The van der Waals surface area contributed by atoms with Gasteiger partial charge in [-0.2, -0.15) is 0 Å². The smallest absolute Gasteiger partial charge is 0.0429 e. The Kier molecular flexibility index (Phi) is 1.51. The summed E-state index contributed by atoms with van der Waals surface area (Å²) in [6, 6.07) is 13.2. The van der Waals surface area contributed by atoms with E-state index in [2.05, 4.69) is 6.07 Å². The van der Waals surface area contributed by atoms with Crippen LogP contribution >= 0.6 is 0 Å². The van der Waals surface area contributed by atoms with Crippen LogP contribution in [0.3, 0.4) is 0 Å². The molecule has 0 bridgehead atoms. The Balaban J connectivity index is 2.91. The van der Waals surface area contributed by atoms with Crippen LogP contribution in [-0.4, -0.2) is 0 Å². The molecule has 59 valence electrons. The maximum Gasteiger partial charge on any atom is 0.0429 e. The minimum atomic E-state index is 0.841. The van der Waals surface area contributed by atoms with E-state index in [1.165, 1.54) is 0 Å². The van der Waals surface area contributed by atoms with Gasteiger partial charge in [0.05, 0.1) is 0 Å².